The van der Waals surface area contributed by atoms with Crippen molar-refractivity contribution in [2.45, 2.75) is 27.2 Å². The molecule has 0 N–H and O–H groups in total. The Bertz CT molecular complexity index is 286. The van der Waals surface area contributed by atoms with E-state index in [0.717, 1.165) is 6.42 Å². The third-order valence-corrected chi connectivity index (χ3v) is 2.32. The van der Waals surface area contributed by atoms with Gasteiger partial charge in [-0.05, 0) is 18.8 Å². The van der Waals surface area contributed by atoms with Crippen molar-refractivity contribution in [3.05, 3.63) is 38.0 Å². The molecule has 1 unspecified atom stereocenters. The van der Waals surface area contributed by atoms with E-state index in [-0.39, 0.29) is 28.4 Å². The van der Waals surface area contributed by atoms with Gasteiger partial charge in [0, 0.05) is 17.1 Å². The second-order valence-electron chi connectivity index (χ2n) is 3.82. The van der Waals surface area contributed by atoms with Gasteiger partial charge in [-0.3, -0.25) is 6.29 Å². The summed E-state index contributed by atoms with van der Waals surface area (Å²) in [5, 5.41) is 0. The minimum Gasteiger partial charge on any atom is 0 e. The number of carbonyl (C=O) groups excluding carboxylic acids is 1. The molecule has 1 radical (unpaired) electrons. The molecule has 1 rings (SSSR count). The summed E-state index contributed by atoms with van der Waals surface area (Å²) in [6.45, 7) is 19.7. The van der Waals surface area contributed by atoms with Crippen LogP contribution in [0.4, 0.5) is 0 Å². The number of allylic oxidation sites excluding steroid dienone is 2. The number of rotatable bonds is 1. The Morgan fingerprint density at radius 3 is 1.89 bits per heavy atom. The molecule has 1 atom stereocenters. The molecule has 0 aliphatic heterocycles. The summed E-state index contributed by atoms with van der Waals surface area (Å²) in [5.74, 6) is 0.0474. The zero-order valence-electron chi connectivity index (χ0n) is 10.4. The Kier molecular flexibility index (Phi) is 23.2. The van der Waals surface area contributed by atoms with Gasteiger partial charge in [0.2, 0.25) is 0 Å². The molecule has 0 aromatic carbocycles. The van der Waals surface area contributed by atoms with Crippen molar-refractivity contribution < 1.29 is 35.8 Å². The van der Waals surface area contributed by atoms with Crippen molar-refractivity contribution in [3.63, 3.8) is 0 Å². The molecule has 0 saturated heterocycles. The van der Waals surface area contributed by atoms with Crippen LogP contribution in [0, 0.1) is 37.7 Å². The Hall–Kier alpha value is -0.851. The van der Waals surface area contributed by atoms with Gasteiger partial charge in [-0.2, -0.15) is 0 Å². The molecule has 0 bridgehead atoms. The maximum atomic E-state index is 10.5. The van der Waals surface area contributed by atoms with Crippen LogP contribution in [0.25, 0.3) is 0 Å². The summed E-state index contributed by atoms with van der Waals surface area (Å²) in [4.78, 5) is 10.5. The average Bonchev–Trinajstić information content (AvgIpc) is 2.35. The van der Waals surface area contributed by atoms with Gasteiger partial charge >= 0.3 is 33.9 Å². The van der Waals surface area contributed by atoms with Gasteiger partial charge in [-0.15, -0.1) is 5.92 Å². The van der Waals surface area contributed by atoms with Crippen LogP contribution in [0.3, 0.4) is 0 Å². The van der Waals surface area contributed by atoms with Crippen molar-refractivity contribution in [1.82, 2.24) is 0 Å². The van der Waals surface area contributed by atoms with Crippen molar-refractivity contribution in [3.8, 4) is 0 Å². The molecule has 5 heteroatoms. The number of hydrogen-bond donors (Lipinski definition) is 0. The van der Waals surface area contributed by atoms with E-state index in [1.807, 2.05) is 0 Å². The monoisotopic (exact) mass is 290 g/mol. The largest absolute Gasteiger partial charge is 0 e. The zero-order valence-corrected chi connectivity index (χ0v) is 11.5. The molecule has 4 nitrogen and oxygen atoms in total. The van der Waals surface area contributed by atoms with E-state index in [4.69, 9.17) is 14.0 Å². The fourth-order valence-electron chi connectivity index (χ4n) is 1.55. The first-order valence-electron chi connectivity index (χ1n) is 4.58. The van der Waals surface area contributed by atoms with Gasteiger partial charge in [0.25, 0.3) is 0 Å². The van der Waals surface area contributed by atoms with Gasteiger partial charge in [-0.25, -0.2) is 0 Å². The van der Waals surface area contributed by atoms with Crippen LogP contribution in [0.5, 0.6) is 0 Å². The van der Waals surface area contributed by atoms with E-state index in [1.54, 1.807) is 0 Å². The predicted octanol–water partition coefficient (Wildman–Crippen LogP) is 2.18. The molecule has 18 heavy (non-hydrogen) atoms. The molecule has 0 fully saturated rings. The van der Waals surface area contributed by atoms with Gasteiger partial charge in [0.15, 0.2) is 0 Å². The summed E-state index contributed by atoms with van der Waals surface area (Å²) in [5.41, 5.74) is 1.28. The molecule has 0 spiro atoms. The molecule has 99 valence electrons. The molecular weight excluding hydrogens is 276 g/mol. The van der Waals surface area contributed by atoms with Gasteiger partial charge in [0.1, 0.15) is 0 Å². The maximum Gasteiger partial charge on any atom is 0 e. The summed E-state index contributed by atoms with van der Waals surface area (Å²) in [6.07, 6.45) is 7.18. The first-order chi connectivity index (χ1) is 8.06. The third-order valence-electron chi connectivity index (χ3n) is 2.32. The Morgan fingerprint density at radius 2 is 1.61 bits per heavy atom. The minimum absolute atomic E-state index is 0. The minimum atomic E-state index is 0. The van der Waals surface area contributed by atoms with E-state index in [0.29, 0.717) is 0 Å². The van der Waals surface area contributed by atoms with E-state index >= 15 is 0 Å². The van der Waals surface area contributed by atoms with E-state index in [9.17, 15) is 4.79 Å². The zero-order chi connectivity index (χ0) is 14.5. The third kappa shape index (κ3) is 10.3. The standard InChI is InChI=1S/C10H14O.3CO.Fe/c1-8-4-5-9(7-11)10(2,3)6-8;3*1-2;/h4,6,9H,5H2,1-3H3;;;;/q-1;;;;. The summed E-state index contributed by atoms with van der Waals surface area (Å²) >= 11 is 0. The fourth-order valence-corrected chi connectivity index (χ4v) is 1.55. The Labute approximate surface area is 119 Å². The smallest absolute Gasteiger partial charge is 0 e. The van der Waals surface area contributed by atoms with Crippen LogP contribution in [0.1, 0.15) is 27.2 Å². The molecular formula is C13H14FeO4-. The second-order valence-corrected chi connectivity index (χ2v) is 3.82. The molecule has 1 aliphatic rings. The van der Waals surface area contributed by atoms with Crippen LogP contribution >= 0.6 is 0 Å². The normalized spacial score (nSPS) is 18.3. The molecule has 0 amide bonds. The van der Waals surface area contributed by atoms with Crippen LogP contribution in [0.2, 0.25) is 0 Å². The topological polar surface area (TPSA) is 76.8 Å². The SMILES string of the molecule is CC1=CCC([C-]=O)C(C)(C)[CH]1.[C-]#[O+].[C-]#[O+].[C-]#[O+].[Fe]. The van der Waals surface area contributed by atoms with E-state index in [1.165, 1.54) is 5.57 Å². The predicted molar refractivity (Wildman–Crippen MR) is 57.4 cm³/mol. The van der Waals surface area contributed by atoms with Crippen molar-refractivity contribution in [1.29, 1.82) is 0 Å². The van der Waals surface area contributed by atoms with Crippen LogP contribution < -0.4 is 0 Å². The van der Waals surface area contributed by atoms with Gasteiger partial charge in [-0.1, -0.05) is 31.9 Å². The summed E-state index contributed by atoms with van der Waals surface area (Å²) in [6, 6.07) is 0. The van der Waals surface area contributed by atoms with Crippen molar-refractivity contribution >= 4 is 6.29 Å². The van der Waals surface area contributed by atoms with Crippen LogP contribution in [0.15, 0.2) is 11.6 Å². The van der Waals surface area contributed by atoms with E-state index in [2.05, 4.69) is 59.5 Å². The second kappa shape index (κ2) is 16.1. The molecule has 0 aromatic rings. The average molecular weight is 290 g/mol. The van der Waals surface area contributed by atoms with Gasteiger partial charge < -0.3 is 4.79 Å². The summed E-state index contributed by atoms with van der Waals surface area (Å²) in [7, 11) is 0. The first kappa shape index (κ1) is 25.9. The van der Waals surface area contributed by atoms with Crippen molar-refractivity contribution in [2.75, 3.05) is 0 Å². The molecule has 0 saturated carbocycles. The molecule has 0 aromatic heterocycles. The number of hydrogen-bond acceptors (Lipinski definition) is 1. The van der Waals surface area contributed by atoms with E-state index < -0.39 is 0 Å². The van der Waals surface area contributed by atoms with Gasteiger partial charge in [0.05, 0.1) is 0 Å². The molecule has 1 aliphatic carbocycles. The van der Waals surface area contributed by atoms with Crippen molar-refractivity contribution in [2.24, 2.45) is 11.3 Å². The van der Waals surface area contributed by atoms with Crippen LogP contribution in [-0.4, -0.2) is 6.29 Å². The first-order valence-corrected chi connectivity index (χ1v) is 4.58. The quantitative estimate of drug-likeness (QED) is 0.414. The maximum absolute atomic E-state index is 10.5. The van der Waals surface area contributed by atoms with Crippen LogP contribution in [-0.2, 0) is 35.8 Å². The molecule has 0 heterocycles. The Balaban J connectivity index is -0.000000123. The Morgan fingerprint density at radius 1 is 1.22 bits per heavy atom. The fraction of sp³-hybridized carbons (Fsp3) is 0.462. The summed E-state index contributed by atoms with van der Waals surface area (Å²) < 4.78 is 22.5.